The highest BCUT2D eigenvalue weighted by molar-refractivity contribution is 5.42. The van der Waals surface area contributed by atoms with Crippen molar-refractivity contribution in [1.82, 2.24) is 0 Å². The summed E-state index contributed by atoms with van der Waals surface area (Å²) in [5, 5.41) is 20.9. The van der Waals surface area contributed by atoms with E-state index in [-0.39, 0.29) is 11.5 Å². The highest BCUT2D eigenvalue weighted by Crippen LogP contribution is 2.62. The van der Waals surface area contributed by atoms with Crippen LogP contribution in [-0.4, -0.2) is 29.5 Å². The summed E-state index contributed by atoms with van der Waals surface area (Å²) in [6, 6.07) is 6.15. The van der Waals surface area contributed by atoms with Gasteiger partial charge in [-0.25, -0.2) is 0 Å². The molecule has 3 aliphatic rings. The van der Waals surface area contributed by atoms with Crippen molar-refractivity contribution in [2.24, 2.45) is 17.3 Å². The van der Waals surface area contributed by atoms with Crippen LogP contribution in [0, 0.1) is 17.3 Å². The van der Waals surface area contributed by atoms with E-state index in [1.807, 2.05) is 6.07 Å². The zero-order valence-electron chi connectivity index (χ0n) is 18.4. The molecule has 2 N–H and O–H groups in total. The molecule has 3 heteroatoms. The Hall–Kier alpha value is -1.06. The molecule has 0 bridgehead atoms. The van der Waals surface area contributed by atoms with Crippen molar-refractivity contribution in [3.8, 4) is 5.75 Å². The van der Waals surface area contributed by atoms with Crippen LogP contribution in [0.15, 0.2) is 18.2 Å². The SMILES string of the molecule is CCCOCCCCC[C@@H]1C[C@@H]2[C@H](CC[C@]3(C)[C@@H](O)CC[C@@H]23)c2ccc(O)cc21. The summed E-state index contributed by atoms with van der Waals surface area (Å²) in [5.74, 6) is 2.93. The highest BCUT2D eigenvalue weighted by Gasteiger charge is 2.55. The standard InChI is InChI=1S/C26H40O3/c1-3-14-29-15-6-4-5-7-18-16-23-21(20-9-8-19(27)17-22(18)20)12-13-26(2)24(23)10-11-25(26)28/h8-9,17-18,21,23-25,27-28H,3-7,10-16H2,1-2H3/t18-,21-,23-,24+,25+,26+/m1/s1. The fourth-order valence-electron chi connectivity index (χ4n) is 6.98. The molecule has 0 radical (unpaired) electrons. The topological polar surface area (TPSA) is 49.7 Å². The van der Waals surface area contributed by atoms with Crippen molar-refractivity contribution in [3.63, 3.8) is 0 Å². The monoisotopic (exact) mass is 400 g/mol. The maximum absolute atomic E-state index is 10.7. The van der Waals surface area contributed by atoms with Crippen LogP contribution in [0.5, 0.6) is 5.75 Å². The second kappa shape index (κ2) is 8.98. The molecular formula is C26H40O3. The molecule has 6 atom stereocenters. The van der Waals surface area contributed by atoms with Crippen molar-refractivity contribution in [1.29, 1.82) is 0 Å². The predicted molar refractivity (Wildman–Crippen MR) is 117 cm³/mol. The minimum absolute atomic E-state index is 0.115. The molecule has 0 spiro atoms. The third kappa shape index (κ3) is 4.10. The number of aromatic hydroxyl groups is 1. The molecule has 0 unspecified atom stereocenters. The summed E-state index contributed by atoms with van der Waals surface area (Å²) in [7, 11) is 0. The summed E-state index contributed by atoms with van der Waals surface area (Å²) < 4.78 is 5.63. The summed E-state index contributed by atoms with van der Waals surface area (Å²) >= 11 is 0. The van der Waals surface area contributed by atoms with E-state index in [0.29, 0.717) is 29.4 Å². The van der Waals surface area contributed by atoms with Crippen LogP contribution < -0.4 is 0 Å². The third-order valence-corrected chi connectivity index (χ3v) is 8.54. The minimum Gasteiger partial charge on any atom is -0.508 e. The number of unbranched alkanes of at least 4 members (excludes halogenated alkanes) is 2. The summed E-state index contributed by atoms with van der Waals surface area (Å²) in [6.45, 7) is 6.27. The Kier molecular flexibility index (Phi) is 6.56. The molecule has 2 fully saturated rings. The number of hydrogen-bond donors (Lipinski definition) is 2. The number of aliphatic hydroxyl groups is 1. The quantitative estimate of drug-likeness (QED) is 0.516. The number of aliphatic hydroxyl groups excluding tert-OH is 1. The van der Waals surface area contributed by atoms with E-state index < -0.39 is 0 Å². The molecular weight excluding hydrogens is 360 g/mol. The first-order chi connectivity index (χ1) is 14.0. The van der Waals surface area contributed by atoms with E-state index in [4.69, 9.17) is 4.74 Å². The summed E-state index contributed by atoms with van der Waals surface area (Å²) in [6.07, 6.45) is 11.5. The molecule has 0 heterocycles. The van der Waals surface area contributed by atoms with Gasteiger partial charge in [0.05, 0.1) is 6.10 Å². The van der Waals surface area contributed by atoms with Gasteiger partial charge in [0.15, 0.2) is 0 Å². The molecule has 2 saturated carbocycles. The number of ether oxygens (including phenoxy) is 1. The number of fused-ring (bicyclic) bond motifs is 5. The maximum atomic E-state index is 10.7. The van der Waals surface area contributed by atoms with Crippen molar-refractivity contribution < 1.29 is 14.9 Å². The number of benzene rings is 1. The van der Waals surface area contributed by atoms with Crippen molar-refractivity contribution in [2.45, 2.75) is 96.0 Å². The molecule has 3 nitrogen and oxygen atoms in total. The van der Waals surface area contributed by atoms with Gasteiger partial charge in [-0.05, 0) is 104 Å². The van der Waals surface area contributed by atoms with Gasteiger partial charge in [-0.15, -0.1) is 0 Å². The molecule has 162 valence electrons. The number of phenols is 1. The summed E-state index contributed by atoms with van der Waals surface area (Å²) in [4.78, 5) is 0. The first kappa shape index (κ1) is 21.2. The van der Waals surface area contributed by atoms with Crippen molar-refractivity contribution in [2.75, 3.05) is 13.2 Å². The maximum Gasteiger partial charge on any atom is 0.115 e. The minimum atomic E-state index is -0.115. The van der Waals surface area contributed by atoms with Gasteiger partial charge in [-0.2, -0.15) is 0 Å². The first-order valence-corrected chi connectivity index (χ1v) is 12.1. The molecule has 29 heavy (non-hydrogen) atoms. The van der Waals surface area contributed by atoms with Gasteiger partial charge < -0.3 is 14.9 Å². The smallest absolute Gasteiger partial charge is 0.115 e. The lowest BCUT2D eigenvalue weighted by molar-refractivity contribution is -0.0252. The van der Waals surface area contributed by atoms with E-state index >= 15 is 0 Å². The van der Waals surface area contributed by atoms with E-state index in [9.17, 15) is 10.2 Å². The lowest BCUT2D eigenvalue weighted by Gasteiger charge is -2.51. The lowest BCUT2D eigenvalue weighted by Crippen LogP contribution is -2.44. The van der Waals surface area contributed by atoms with Crippen LogP contribution in [0.1, 0.15) is 101 Å². The normalized spacial score (nSPS) is 35.8. The number of rotatable bonds is 8. The fourth-order valence-corrected chi connectivity index (χ4v) is 6.98. The van der Waals surface area contributed by atoms with E-state index in [1.165, 1.54) is 49.7 Å². The highest BCUT2D eigenvalue weighted by atomic mass is 16.5. The van der Waals surface area contributed by atoms with Crippen LogP contribution in [-0.2, 0) is 4.74 Å². The fraction of sp³-hybridized carbons (Fsp3) is 0.769. The Morgan fingerprint density at radius 3 is 2.76 bits per heavy atom. The lowest BCUT2D eigenvalue weighted by atomic mass is 9.53. The average Bonchev–Trinajstić information content (AvgIpc) is 3.02. The van der Waals surface area contributed by atoms with Gasteiger partial charge in [-0.1, -0.05) is 32.8 Å². The van der Waals surface area contributed by atoms with Gasteiger partial charge in [0.25, 0.3) is 0 Å². The number of phenolic OH excluding ortho intramolecular Hbond substituents is 1. The largest absolute Gasteiger partial charge is 0.508 e. The molecule has 3 aliphatic carbocycles. The summed E-state index contributed by atoms with van der Waals surface area (Å²) in [5.41, 5.74) is 3.03. The Morgan fingerprint density at radius 1 is 1.07 bits per heavy atom. The zero-order chi connectivity index (χ0) is 20.4. The zero-order valence-corrected chi connectivity index (χ0v) is 18.4. The molecule has 0 aromatic heterocycles. The Morgan fingerprint density at radius 2 is 1.93 bits per heavy atom. The molecule has 0 aliphatic heterocycles. The molecule has 0 amide bonds. The predicted octanol–water partition coefficient (Wildman–Crippen LogP) is 6.14. The van der Waals surface area contributed by atoms with Gasteiger partial charge in [0.2, 0.25) is 0 Å². The second-order valence-corrected chi connectivity index (χ2v) is 10.2. The van der Waals surface area contributed by atoms with E-state index in [2.05, 4.69) is 26.0 Å². The van der Waals surface area contributed by atoms with Gasteiger partial charge >= 0.3 is 0 Å². The van der Waals surface area contributed by atoms with Crippen LogP contribution in [0.4, 0.5) is 0 Å². The Balaban J connectivity index is 1.47. The third-order valence-electron chi connectivity index (χ3n) is 8.54. The Labute approximate surface area is 176 Å². The second-order valence-electron chi connectivity index (χ2n) is 10.2. The van der Waals surface area contributed by atoms with Crippen LogP contribution in [0.25, 0.3) is 0 Å². The van der Waals surface area contributed by atoms with Crippen LogP contribution in [0.3, 0.4) is 0 Å². The first-order valence-electron chi connectivity index (χ1n) is 12.1. The van der Waals surface area contributed by atoms with Gasteiger partial charge in [0, 0.05) is 13.2 Å². The molecule has 1 aromatic carbocycles. The van der Waals surface area contributed by atoms with Crippen LogP contribution in [0.2, 0.25) is 0 Å². The van der Waals surface area contributed by atoms with Crippen molar-refractivity contribution >= 4 is 0 Å². The number of hydrogen-bond acceptors (Lipinski definition) is 3. The average molecular weight is 401 g/mol. The van der Waals surface area contributed by atoms with E-state index in [1.54, 1.807) is 0 Å². The van der Waals surface area contributed by atoms with Crippen molar-refractivity contribution in [3.05, 3.63) is 29.3 Å². The van der Waals surface area contributed by atoms with Crippen LogP contribution >= 0.6 is 0 Å². The van der Waals surface area contributed by atoms with Gasteiger partial charge in [0.1, 0.15) is 5.75 Å². The molecule has 4 rings (SSSR count). The van der Waals surface area contributed by atoms with Gasteiger partial charge in [-0.3, -0.25) is 0 Å². The van der Waals surface area contributed by atoms with E-state index in [0.717, 1.165) is 38.9 Å². The molecule has 0 saturated heterocycles. The Bertz CT molecular complexity index is 687. The molecule has 1 aromatic rings.